The lowest BCUT2D eigenvalue weighted by atomic mass is 9.90. The Hall–Kier alpha value is -2.00. The van der Waals surface area contributed by atoms with Gasteiger partial charge in [0.25, 0.3) is 0 Å². The third-order valence-electron chi connectivity index (χ3n) is 5.96. The third-order valence-corrected chi connectivity index (χ3v) is 6.26. The van der Waals surface area contributed by atoms with E-state index in [1.165, 1.54) is 6.07 Å². The standard InChI is InChI=1S/C23H25ClFNO5/c1-11-3-5-13(16(25)7-11)8-26-9-14(18-12(2)4-6-15(24)19(18)26)23-22(30)21(29)20(28)17(10-27)31-23/h3-7,9,17,20-23,27-30H,8,10H2,1-2H3/t17-,20-,21+,22-,23+/m1/s1. The number of benzene rings is 2. The Balaban J connectivity index is 1.86. The second kappa shape index (κ2) is 8.50. The van der Waals surface area contributed by atoms with Crippen molar-refractivity contribution in [2.24, 2.45) is 0 Å². The average molecular weight is 450 g/mol. The van der Waals surface area contributed by atoms with Gasteiger partial charge in [0.15, 0.2) is 0 Å². The zero-order valence-electron chi connectivity index (χ0n) is 17.2. The second-order valence-electron chi connectivity index (χ2n) is 8.14. The maximum Gasteiger partial charge on any atom is 0.128 e. The Morgan fingerprint density at radius 3 is 2.48 bits per heavy atom. The number of hydrogen-bond acceptors (Lipinski definition) is 5. The molecule has 8 heteroatoms. The van der Waals surface area contributed by atoms with Crippen molar-refractivity contribution in [2.45, 2.75) is 50.9 Å². The summed E-state index contributed by atoms with van der Waals surface area (Å²) in [6.07, 6.45) is -4.70. The highest BCUT2D eigenvalue weighted by molar-refractivity contribution is 6.35. The summed E-state index contributed by atoms with van der Waals surface area (Å²) in [7, 11) is 0. The first-order valence-corrected chi connectivity index (χ1v) is 10.4. The Kier molecular flexibility index (Phi) is 6.09. The van der Waals surface area contributed by atoms with Crippen molar-refractivity contribution in [1.82, 2.24) is 4.57 Å². The van der Waals surface area contributed by atoms with E-state index in [0.717, 1.165) is 11.1 Å². The molecule has 1 aromatic heterocycles. The van der Waals surface area contributed by atoms with Gasteiger partial charge in [0.2, 0.25) is 0 Å². The summed E-state index contributed by atoms with van der Waals surface area (Å²) >= 11 is 6.51. The number of ether oxygens (including phenoxy) is 1. The predicted octanol–water partition coefficient (Wildman–Crippen LogP) is 2.61. The molecule has 31 heavy (non-hydrogen) atoms. The normalized spacial score (nSPS) is 26.5. The number of halogens is 2. The van der Waals surface area contributed by atoms with Crippen LogP contribution in [-0.2, 0) is 11.3 Å². The molecule has 2 aromatic carbocycles. The molecule has 2 heterocycles. The smallest absolute Gasteiger partial charge is 0.128 e. The molecule has 0 amide bonds. The molecule has 0 aliphatic carbocycles. The Bertz CT molecular complexity index is 1120. The van der Waals surface area contributed by atoms with Gasteiger partial charge in [-0.25, -0.2) is 4.39 Å². The fraction of sp³-hybridized carbons (Fsp3) is 0.391. The van der Waals surface area contributed by atoms with E-state index in [4.69, 9.17) is 16.3 Å². The first-order valence-electron chi connectivity index (χ1n) is 10.1. The topological polar surface area (TPSA) is 95.1 Å². The summed E-state index contributed by atoms with van der Waals surface area (Å²) in [6, 6.07) is 8.59. The number of nitrogens with zero attached hydrogens (tertiary/aromatic N) is 1. The van der Waals surface area contributed by atoms with Crippen LogP contribution >= 0.6 is 11.6 Å². The van der Waals surface area contributed by atoms with Gasteiger partial charge in [0.1, 0.15) is 36.3 Å². The van der Waals surface area contributed by atoms with Crippen molar-refractivity contribution in [3.8, 4) is 0 Å². The molecular formula is C23H25ClFNO5. The van der Waals surface area contributed by atoms with E-state index < -0.39 is 37.1 Å². The van der Waals surface area contributed by atoms with Gasteiger partial charge in [-0.1, -0.05) is 29.8 Å². The molecule has 1 aliphatic rings. The molecule has 4 rings (SSSR count). The van der Waals surface area contributed by atoms with Gasteiger partial charge in [-0.15, -0.1) is 0 Å². The molecule has 1 saturated heterocycles. The van der Waals surface area contributed by atoms with Crippen molar-refractivity contribution in [1.29, 1.82) is 0 Å². The van der Waals surface area contributed by atoms with Gasteiger partial charge < -0.3 is 29.7 Å². The van der Waals surface area contributed by atoms with E-state index in [9.17, 15) is 24.8 Å². The fourth-order valence-electron chi connectivity index (χ4n) is 4.27. The highest BCUT2D eigenvalue weighted by atomic mass is 35.5. The van der Waals surface area contributed by atoms with Crippen LogP contribution in [0.5, 0.6) is 0 Å². The lowest BCUT2D eigenvalue weighted by Gasteiger charge is -2.40. The van der Waals surface area contributed by atoms with Crippen molar-refractivity contribution >= 4 is 22.5 Å². The van der Waals surface area contributed by atoms with Crippen LogP contribution in [0.1, 0.15) is 28.4 Å². The van der Waals surface area contributed by atoms with Crippen molar-refractivity contribution < 1.29 is 29.6 Å². The van der Waals surface area contributed by atoms with Gasteiger partial charge in [-0.05, 0) is 37.1 Å². The molecule has 166 valence electrons. The van der Waals surface area contributed by atoms with Crippen LogP contribution in [0.2, 0.25) is 5.02 Å². The fourth-order valence-corrected chi connectivity index (χ4v) is 4.54. The van der Waals surface area contributed by atoms with Crippen LogP contribution in [0.3, 0.4) is 0 Å². The molecule has 3 aromatic rings. The van der Waals surface area contributed by atoms with Crippen LogP contribution in [0.25, 0.3) is 10.9 Å². The second-order valence-corrected chi connectivity index (χ2v) is 8.55. The molecular weight excluding hydrogens is 425 g/mol. The van der Waals surface area contributed by atoms with E-state index in [0.29, 0.717) is 27.1 Å². The zero-order valence-corrected chi connectivity index (χ0v) is 17.9. The van der Waals surface area contributed by atoms with Crippen molar-refractivity contribution in [3.63, 3.8) is 0 Å². The van der Waals surface area contributed by atoms with Crippen LogP contribution in [0.15, 0.2) is 36.5 Å². The van der Waals surface area contributed by atoms with Gasteiger partial charge in [0, 0.05) is 22.7 Å². The minimum absolute atomic E-state index is 0.198. The Morgan fingerprint density at radius 1 is 1.06 bits per heavy atom. The molecule has 0 unspecified atom stereocenters. The molecule has 0 radical (unpaired) electrons. The minimum atomic E-state index is -1.50. The monoisotopic (exact) mass is 449 g/mol. The highest BCUT2D eigenvalue weighted by Gasteiger charge is 2.45. The number of aliphatic hydroxyl groups excluding tert-OH is 4. The Morgan fingerprint density at radius 2 is 1.81 bits per heavy atom. The molecule has 1 fully saturated rings. The summed E-state index contributed by atoms with van der Waals surface area (Å²) in [4.78, 5) is 0. The van der Waals surface area contributed by atoms with Crippen molar-refractivity contribution in [3.05, 3.63) is 69.6 Å². The Labute approximate surface area is 184 Å². The summed E-state index contributed by atoms with van der Waals surface area (Å²) < 4.78 is 22.1. The lowest BCUT2D eigenvalue weighted by molar-refractivity contribution is -0.231. The first-order chi connectivity index (χ1) is 14.7. The number of aryl methyl sites for hydroxylation is 2. The van der Waals surface area contributed by atoms with Gasteiger partial charge in [-0.2, -0.15) is 0 Å². The number of aliphatic hydroxyl groups is 4. The predicted molar refractivity (Wildman–Crippen MR) is 115 cm³/mol. The molecule has 6 nitrogen and oxygen atoms in total. The summed E-state index contributed by atoms with van der Waals surface area (Å²) in [6.45, 7) is 3.37. The largest absolute Gasteiger partial charge is 0.394 e. The van der Waals surface area contributed by atoms with Crippen LogP contribution in [0.4, 0.5) is 4.39 Å². The van der Waals surface area contributed by atoms with E-state index in [2.05, 4.69) is 0 Å². The molecule has 1 aliphatic heterocycles. The highest BCUT2D eigenvalue weighted by Crippen LogP contribution is 2.40. The minimum Gasteiger partial charge on any atom is -0.394 e. The first kappa shape index (κ1) is 22.2. The zero-order chi connectivity index (χ0) is 22.4. The average Bonchev–Trinajstić information content (AvgIpc) is 3.11. The summed E-state index contributed by atoms with van der Waals surface area (Å²) in [5, 5.41) is 41.7. The number of rotatable bonds is 4. The summed E-state index contributed by atoms with van der Waals surface area (Å²) in [5.74, 6) is -0.333. The molecule has 0 spiro atoms. The quantitative estimate of drug-likeness (QED) is 0.491. The third kappa shape index (κ3) is 3.86. The van der Waals surface area contributed by atoms with E-state index in [-0.39, 0.29) is 12.4 Å². The lowest BCUT2D eigenvalue weighted by Crippen LogP contribution is -2.55. The van der Waals surface area contributed by atoms with Crippen LogP contribution < -0.4 is 0 Å². The number of hydrogen-bond donors (Lipinski definition) is 4. The van der Waals surface area contributed by atoms with Gasteiger partial charge >= 0.3 is 0 Å². The number of aromatic nitrogens is 1. The number of fused-ring (bicyclic) bond motifs is 1. The van der Waals surface area contributed by atoms with E-state index in [1.807, 2.05) is 26.0 Å². The molecule has 0 bridgehead atoms. The van der Waals surface area contributed by atoms with Crippen LogP contribution in [-0.4, -0.2) is 56.0 Å². The van der Waals surface area contributed by atoms with Gasteiger partial charge in [0.05, 0.1) is 23.7 Å². The molecule has 4 N–H and O–H groups in total. The van der Waals surface area contributed by atoms with E-state index in [1.54, 1.807) is 22.9 Å². The molecule has 0 saturated carbocycles. The summed E-state index contributed by atoms with van der Waals surface area (Å²) in [5.41, 5.74) is 3.33. The maximum atomic E-state index is 14.5. The van der Waals surface area contributed by atoms with Crippen LogP contribution in [0, 0.1) is 19.7 Å². The van der Waals surface area contributed by atoms with Crippen molar-refractivity contribution in [2.75, 3.05) is 6.61 Å². The SMILES string of the molecule is Cc1ccc(Cn2cc([C@@H]3O[C@H](CO)[C@@H](O)[C@H](O)[C@H]3O)c3c(C)ccc(Cl)c32)c(F)c1. The molecule has 5 atom stereocenters. The maximum absolute atomic E-state index is 14.5. The van der Waals surface area contributed by atoms with E-state index >= 15 is 0 Å². The van der Waals surface area contributed by atoms with Gasteiger partial charge in [-0.3, -0.25) is 0 Å².